The van der Waals surface area contributed by atoms with Crippen molar-refractivity contribution in [3.63, 3.8) is 0 Å². The van der Waals surface area contributed by atoms with E-state index in [0.29, 0.717) is 6.42 Å². The molecule has 0 aromatic heterocycles. The predicted molar refractivity (Wildman–Crippen MR) is 37.6 cm³/mol. The van der Waals surface area contributed by atoms with Gasteiger partial charge in [0.2, 0.25) is 0 Å². The molecule has 0 N–H and O–H groups in total. The van der Waals surface area contributed by atoms with Crippen LogP contribution in [0.5, 0.6) is 0 Å². The van der Waals surface area contributed by atoms with E-state index in [1.54, 1.807) is 6.92 Å². The summed E-state index contributed by atoms with van der Waals surface area (Å²) in [7, 11) is 0. The van der Waals surface area contributed by atoms with Crippen molar-refractivity contribution in [2.75, 3.05) is 0 Å². The molecule has 0 saturated carbocycles. The maximum Gasteiger partial charge on any atom is 1.00 e. The molecule has 5 heteroatoms. The van der Waals surface area contributed by atoms with E-state index in [-0.39, 0.29) is 57.4 Å². The number of allylic oxidation sites excluding steroid dienone is 2. The fraction of sp³-hybridized carbons (Fsp3) is 0.333. The molecule has 0 fully saturated rings. The molecule has 0 spiro atoms. The van der Waals surface area contributed by atoms with E-state index in [1.165, 1.54) is 0 Å². The van der Waals surface area contributed by atoms with Crippen LogP contribution in [0.4, 0.5) is 12.9 Å². The Morgan fingerprint density at radius 3 is 2.18 bits per heavy atom. The van der Waals surface area contributed by atoms with Gasteiger partial charge in [-0.15, -0.1) is 12.1 Å². The molecule has 0 nitrogen and oxygen atoms in total. The summed E-state index contributed by atoms with van der Waals surface area (Å²) in [6.45, 7) is 0.399. The van der Waals surface area contributed by atoms with Gasteiger partial charge in [-0.2, -0.15) is 0 Å². The normalized spacial score (nSPS) is 11.3. The van der Waals surface area contributed by atoms with Crippen molar-refractivity contribution in [1.82, 2.24) is 0 Å². The zero-order valence-electron chi connectivity index (χ0n) is 6.78. The quantitative estimate of drug-likeness (QED) is 0.428. The zero-order chi connectivity index (χ0) is 8.20. The summed E-state index contributed by atoms with van der Waals surface area (Å²) in [6, 6.07) is 0. The molecule has 0 unspecified atom stereocenters. The maximum absolute atomic E-state index is 11.5. The third kappa shape index (κ3) is 13.9. The Balaban J connectivity index is 0. The average molecular weight is 188 g/mol. The average Bonchev–Trinajstić information content (AvgIpc) is 1.59. The fourth-order valence-electron chi connectivity index (χ4n) is 0.424. The first-order chi connectivity index (χ1) is 4.42. The summed E-state index contributed by atoms with van der Waals surface area (Å²) in [5.74, 6) is 0.286. The van der Waals surface area contributed by atoms with E-state index in [2.05, 4.69) is 6.58 Å². The summed E-state index contributed by atoms with van der Waals surface area (Å²) in [6.07, 6.45) is 1.39. The first-order valence-corrected chi connectivity index (χ1v) is 2.94. The molecule has 0 saturated heterocycles. The Kier molecular flexibility index (Phi) is 8.54. The van der Waals surface area contributed by atoms with E-state index >= 15 is 0 Å². The van der Waals surface area contributed by atoms with E-state index in [1.807, 2.05) is 0 Å². The molecule has 0 heterocycles. The van der Waals surface area contributed by atoms with Gasteiger partial charge in [-0.1, -0.05) is 12.2 Å². The number of hydrogen-bond donors (Lipinski definition) is 0. The molecular weight excluding hydrogens is 179 g/mol. The van der Waals surface area contributed by atoms with Gasteiger partial charge in [0.1, 0.15) is 0 Å². The van der Waals surface area contributed by atoms with Crippen molar-refractivity contribution in [2.24, 2.45) is 0 Å². The van der Waals surface area contributed by atoms with Crippen LogP contribution in [0.25, 0.3) is 0 Å². The molecule has 0 aromatic rings. The molecule has 0 radical (unpaired) electrons. The summed E-state index contributed by atoms with van der Waals surface area (Å²) in [5, 5.41) is 0. The van der Waals surface area contributed by atoms with Crippen molar-refractivity contribution in [2.45, 2.75) is 13.3 Å². The number of rotatable bonds is 3. The van der Waals surface area contributed by atoms with Gasteiger partial charge in [0, 0.05) is 0 Å². The van der Waals surface area contributed by atoms with Gasteiger partial charge < -0.3 is 12.9 Å². The molecule has 0 amide bonds. The van der Waals surface area contributed by atoms with Crippen LogP contribution in [-0.2, 0) is 0 Å². The second-order valence-electron chi connectivity index (χ2n) is 2.21. The molecule has 58 valence electrons. The van der Waals surface area contributed by atoms with E-state index in [0.717, 1.165) is 11.6 Å². The van der Waals surface area contributed by atoms with Crippen LogP contribution in [0.15, 0.2) is 24.2 Å². The van der Waals surface area contributed by atoms with Gasteiger partial charge in [0.15, 0.2) is 0 Å². The van der Waals surface area contributed by atoms with Crippen LogP contribution >= 0.6 is 0 Å². The van der Waals surface area contributed by atoms with Crippen LogP contribution in [0, 0.1) is 0 Å². The standard InChI is InChI=1S/C6H9BF3.K/c1-6(2)4-3-5-7(8,9)10;/h3,5H,1,4H2,2H3;/q-1;+1/b5-3+;. The molecule has 0 rings (SSSR count). The third-order valence-electron chi connectivity index (χ3n) is 0.821. The number of hydrogen-bond acceptors (Lipinski definition) is 0. The summed E-state index contributed by atoms with van der Waals surface area (Å²) in [4.78, 5) is 0. The summed E-state index contributed by atoms with van der Waals surface area (Å²) < 4.78 is 34.4. The van der Waals surface area contributed by atoms with Crippen LogP contribution in [0.2, 0.25) is 0 Å². The molecule has 0 aliphatic heterocycles. The second-order valence-corrected chi connectivity index (χ2v) is 2.21. The Morgan fingerprint density at radius 1 is 1.45 bits per heavy atom. The van der Waals surface area contributed by atoms with Gasteiger partial charge >= 0.3 is 58.4 Å². The predicted octanol–water partition coefficient (Wildman–Crippen LogP) is -0.101. The zero-order valence-corrected chi connectivity index (χ0v) is 9.90. The second kappa shape index (κ2) is 6.48. The van der Waals surface area contributed by atoms with Crippen LogP contribution < -0.4 is 51.4 Å². The van der Waals surface area contributed by atoms with Crippen LogP contribution in [0.3, 0.4) is 0 Å². The maximum atomic E-state index is 11.5. The van der Waals surface area contributed by atoms with Crippen molar-refractivity contribution in [1.29, 1.82) is 0 Å². The molecule has 11 heavy (non-hydrogen) atoms. The molecule has 0 aliphatic carbocycles. The van der Waals surface area contributed by atoms with E-state index in [9.17, 15) is 12.9 Å². The van der Waals surface area contributed by atoms with E-state index in [4.69, 9.17) is 0 Å². The van der Waals surface area contributed by atoms with Gasteiger partial charge in [0.25, 0.3) is 0 Å². The Labute approximate surface area is 107 Å². The minimum absolute atomic E-state index is 0. The smallest absolute Gasteiger partial charge is 0.445 e. The SMILES string of the molecule is C=C(C)C/C=C/[B-](F)(F)F.[K+]. The molecule has 0 atom stereocenters. The van der Waals surface area contributed by atoms with Crippen molar-refractivity contribution in [3.8, 4) is 0 Å². The summed E-state index contributed by atoms with van der Waals surface area (Å²) >= 11 is 0. The minimum atomic E-state index is -4.75. The largest absolute Gasteiger partial charge is 1.00 e. The Bertz CT molecular complexity index is 150. The monoisotopic (exact) mass is 188 g/mol. The Hall–Kier alpha value is 0.971. The van der Waals surface area contributed by atoms with Crippen LogP contribution in [0.1, 0.15) is 13.3 Å². The van der Waals surface area contributed by atoms with Gasteiger partial charge in [-0.05, 0) is 13.3 Å². The van der Waals surface area contributed by atoms with Crippen molar-refractivity contribution >= 4 is 6.98 Å². The van der Waals surface area contributed by atoms with Gasteiger partial charge in [0.05, 0.1) is 0 Å². The fourth-order valence-corrected chi connectivity index (χ4v) is 0.424. The molecule has 0 bridgehead atoms. The first kappa shape index (κ1) is 14.5. The van der Waals surface area contributed by atoms with E-state index < -0.39 is 6.98 Å². The van der Waals surface area contributed by atoms with Crippen molar-refractivity contribution < 1.29 is 64.3 Å². The number of halogens is 3. The molecular formula is C6H9BF3K. The summed E-state index contributed by atoms with van der Waals surface area (Å²) in [5.41, 5.74) is 0.733. The van der Waals surface area contributed by atoms with Crippen LogP contribution in [-0.4, -0.2) is 6.98 Å². The third-order valence-corrected chi connectivity index (χ3v) is 0.821. The van der Waals surface area contributed by atoms with Crippen molar-refractivity contribution in [3.05, 3.63) is 24.2 Å². The topological polar surface area (TPSA) is 0 Å². The molecule has 0 aromatic carbocycles. The first-order valence-electron chi connectivity index (χ1n) is 2.94. The Morgan fingerprint density at radius 2 is 1.91 bits per heavy atom. The van der Waals surface area contributed by atoms with Gasteiger partial charge in [-0.3, -0.25) is 0 Å². The van der Waals surface area contributed by atoms with Gasteiger partial charge in [-0.25, -0.2) is 0 Å². The molecule has 0 aliphatic rings. The minimum Gasteiger partial charge on any atom is -0.445 e.